The number of aliphatic imine (C=N–C) groups is 1. The van der Waals surface area contributed by atoms with Crippen LogP contribution in [0.15, 0.2) is 16.9 Å². The molecule has 0 saturated heterocycles. The highest BCUT2D eigenvalue weighted by atomic mass is 35.5. The summed E-state index contributed by atoms with van der Waals surface area (Å²) in [5.41, 5.74) is 10.7. The third kappa shape index (κ3) is 13.4. The summed E-state index contributed by atoms with van der Waals surface area (Å²) in [4.78, 5) is 3.86. The van der Waals surface area contributed by atoms with E-state index in [-0.39, 0.29) is 23.8 Å². The number of nitrogens with two attached hydrogens (primary N) is 2. The molecule has 0 rings (SSSR count). The summed E-state index contributed by atoms with van der Waals surface area (Å²) in [6.45, 7) is 5.73. The quantitative estimate of drug-likeness (QED) is 0.569. The summed E-state index contributed by atoms with van der Waals surface area (Å²) in [6, 6.07) is 0. The Labute approximate surface area is 97.2 Å². The Hall–Kier alpha value is -0.610. The number of amidine groups is 1. The molecule has 0 heterocycles. The van der Waals surface area contributed by atoms with Gasteiger partial charge in [0.2, 0.25) is 0 Å². The minimum atomic E-state index is -0.321. The van der Waals surface area contributed by atoms with Gasteiger partial charge < -0.3 is 11.5 Å². The first-order chi connectivity index (χ1) is 6.31. The zero-order valence-corrected chi connectivity index (χ0v) is 10.4. The molecule has 0 bridgehead atoms. The SMILES string of the molecule is CC(N)=NC/C=C(/F)CCC(C)(C)N.Cl. The molecule has 0 fully saturated rings. The third-order valence-corrected chi connectivity index (χ3v) is 1.66. The Kier molecular flexibility index (Phi) is 8.57. The molecular weight excluding hydrogens is 217 g/mol. The lowest BCUT2D eigenvalue weighted by molar-refractivity contribution is 0.445. The second-order valence-corrected chi connectivity index (χ2v) is 4.12. The van der Waals surface area contributed by atoms with Crippen LogP contribution in [-0.2, 0) is 0 Å². The smallest absolute Gasteiger partial charge is 0.0978 e. The standard InChI is InChI=1S/C10H20FN3.ClH/c1-8(12)14-7-5-9(11)4-6-10(2,3)13;/h5H,4,6-7,13H2,1-3H3,(H2,12,14);1H/b9-5+;. The van der Waals surface area contributed by atoms with Crippen molar-refractivity contribution >= 4 is 18.2 Å². The van der Waals surface area contributed by atoms with Gasteiger partial charge in [0.25, 0.3) is 0 Å². The molecule has 0 atom stereocenters. The lowest BCUT2D eigenvalue weighted by atomic mass is 10.00. The van der Waals surface area contributed by atoms with Gasteiger partial charge in [0.1, 0.15) is 0 Å². The molecular formula is C10H21ClFN3. The predicted octanol–water partition coefficient (Wildman–Crippen LogP) is 2.16. The molecule has 0 radical (unpaired) electrons. The minimum Gasteiger partial charge on any atom is -0.388 e. The maximum Gasteiger partial charge on any atom is 0.0978 e. The van der Waals surface area contributed by atoms with Crippen molar-refractivity contribution < 1.29 is 4.39 Å². The first-order valence-corrected chi connectivity index (χ1v) is 4.71. The molecule has 0 aromatic carbocycles. The van der Waals surface area contributed by atoms with Crippen LogP contribution < -0.4 is 11.5 Å². The minimum absolute atomic E-state index is 0. The van der Waals surface area contributed by atoms with Crippen LogP contribution in [0.2, 0.25) is 0 Å². The van der Waals surface area contributed by atoms with Crippen LogP contribution in [0, 0.1) is 0 Å². The van der Waals surface area contributed by atoms with E-state index in [1.165, 1.54) is 6.08 Å². The molecule has 15 heavy (non-hydrogen) atoms. The van der Waals surface area contributed by atoms with Crippen LogP contribution in [0.4, 0.5) is 4.39 Å². The molecule has 0 amide bonds. The van der Waals surface area contributed by atoms with E-state index in [1.807, 2.05) is 13.8 Å². The Balaban J connectivity index is 0. The monoisotopic (exact) mass is 237 g/mol. The van der Waals surface area contributed by atoms with Gasteiger partial charge in [-0.15, -0.1) is 12.4 Å². The van der Waals surface area contributed by atoms with Crippen LogP contribution in [0.25, 0.3) is 0 Å². The number of halogens is 2. The molecule has 90 valence electrons. The van der Waals surface area contributed by atoms with Gasteiger partial charge >= 0.3 is 0 Å². The van der Waals surface area contributed by atoms with E-state index in [2.05, 4.69) is 4.99 Å². The summed E-state index contributed by atoms with van der Waals surface area (Å²) >= 11 is 0. The maximum atomic E-state index is 13.1. The van der Waals surface area contributed by atoms with Gasteiger partial charge in [-0.3, -0.25) is 4.99 Å². The van der Waals surface area contributed by atoms with E-state index in [0.717, 1.165) is 0 Å². The summed E-state index contributed by atoms with van der Waals surface area (Å²) in [5, 5.41) is 0. The van der Waals surface area contributed by atoms with Gasteiger partial charge in [-0.25, -0.2) is 4.39 Å². The van der Waals surface area contributed by atoms with Crippen molar-refractivity contribution in [2.45, 2.75) is 39.2 Å². The molecule has 0 aromatic heterocycles. The van der Waals surface area contributed by atoms with E-state index in [0.29, 0.717) is 25.2 Å². The highest BCUT2D eigenvalue weighted by molar-refractivity contribution is 5.85. The molecule has 0 aliphatic rings. The molecule has 3 nitrogen and oxygen atoms in total. The second kappa shape index (κ2) is 7.65. The average Bonchev–Trinajstić information content (AvgIpc) is 1.99. The van der Waals surface area contributed by atoms with Crippen LogP contribution in [0.5, 0.6) is 0 Å². The molecule has 0 aliphatic carbocycles. The van der Waals surface area contributed by atoms with Gasteiger partial charge in [0, 0.05) is 12.0 Å². The molecule has 0 aliphatic heterocycles. The van der Waals surface area contributed by atoms with Gasteiger partial charge in [0.05, 0.1) is 18.2 Å². The zero-order chi connectivity index (χ0) is 11.2. The van der Waals surface area contributed by atoms with Crippen molar-refractivity contribution in [2.24, 2.45) is 16.5 Å². The van der Waals surface area contributed by atoms with E-state index in [1.54, 1.807) is 6.92 Å². The zero-order valence-electron chi connectivity index (χ0n) is 9.59. The van der Waals surface area contributed by atoms with Crippen molar-refractivity contribution in [1.82, 2.24) is 0 Å². The van der Waals surface area contributed by atoms with Crippen molar-refractivity contribution in [1.29, 1.82) is 0 Å². The first kappa shape index (κ1) is 16.8. The summed E-state index contributed by atoms with van der Waals surface area (Å²) in [5.74, 6) is 0.293. The Morgan fingerprint density at radius 2 is 2.00 bits per heavy atom. The highest BCUT2D eigenvalue weighted by Gasteiger charge is 2.10. The van der Waals surface area contributed by atoms with E-state index < -0.39 is 0 Å². The highest BCUT2D eigenvalue weighted by Crippen LogP contribution is 2.13. The number of rotatable bonds is 5. The number of allylic oxidation sites excluding steroid dienone is 1. The summed E-state index contributed by atoms with van der Waals surface area (Å²) < 4.78 is 13.1. The molecule has 0 unspecified atom stereocenters. The second-order valence-electron chi connectivity index (χ2n) is 4.12. The third-order valence-electron chi connectivity index (χ3n) is 1.66. The normalized spacial score (nSPS) is 13.7. The van der Waals surface area contributed by atoms with Crippen molar-refractivity contribution in [3.05, 3.63) is 11.9 Å². The van der Waals surface area contributed by atoms with E-state index in [9.17, 15) is 4.39 Å². The number of nitrogens with zero attached hydrogens (tertiary/aromatic N) is 1. The average molecular weight is 238 g/mol. The lowest BCUT2D eigenvalue weighted by Crippen LogP contribution is -2.31. The van der Waals surface area contributed by atoms with Crippen molar-refractivity contribution in [2.75, 3.05) is 6.54 Å². The Bertz CT molecular complexity index is 227. The lowest BCUT2D eigenvalue weighted by Gasteiger charge is -2.16. The van der Waals surface area contributed by atoms with Crippen LogP contribution in [-0.4, -0.2) is 17.9 Å². The van der Waals surface area contributed by atoms with E-state index >= 15 is 0 Å². The van der Waals surface area contributed by atoms with Crippen molar-refractivity contribution in [3.8, 4) is 0 Å². The fourth-order valence-corrected chi connectivity index (χ4v) is 0.832. The molecule has 5 heteroatoms. The largest absolute Gasteiger partial charge is 0.388 e. The van der Waals surface area contributed by atoms with Gasteiger partial charge in [0.15, 0.2) is 0 Å². The maximum absolute atomic E-state index is 13.1. The molecule has 0 saturated carbocycles. The Morgan fingerprint density at radius 1 is 1.47 bits per heavy atom. The summed E-state index contributed by atoms with van der Waals surface area (Å²) in [6.07, 6.45) is 2.42. The molecule has 0 aromatic rings. The van der Waals surface area contributed by atoms with Gasteiger partial charge in [-0.2, -0.15) is 0 Å². The fraction of sp³-hybridized carbons (Fsp3) is 0.700. The topological polar surface area (TPSA) is 64.4 Å². The van der Waals surface area contributed by atoms with Crippen molar-refractivity contribution in [3.63, 3.8) is 0 Å². The van der Waals surface area contributed by atoms with Crippen LogP contribution in [0.1, 0.15) is 33.6 Å². The molecule has 0 spiro atoms. The van der Waals surface area contributed by atoms with Gasteiger partial charge in [-0.05, 0) is 33.3 Å². The number of hydrogen-bond acceptors (Lipinski definition) is 2. The van der Waals surface area contributed by atoms with Crippen LogP contribution >= 0.6 is 12.4 Å². The van der Waals surface area contributed by atoms with Crippen LogP contribution in [0.3, 0.4) is 0 Å². The summed E-state index contributed by atoms with van der Waals surface area (Å²) in [7, 11) is 0. The predicted molar refractivity (Wildman–Crippen MR) is 66.1 cm³/mol. The molecule has 4 N–H and O–H groups in total. The first-order valence-electron chi connectivity index (χ1n) is 4.71. The van der Waals surface area contributed by atoms with Gasteiger partial charge in [-0.1, -0.05) is 0 Å². The van der Waals surface area contributed by atoms with E-state index in [4.69, 9.17) is 11.5 Å². The number of hydrogen-bond donors (Lipinski definition) is 2. The fourth-order valence-electron chi connectivity index (χ4n) is 0.832. The Morgan fingerprint density at radius 3 is 2.40 bits per heavy atom.